The zero-order valence-corrected chi connectivity index (χ0v) is 13.7. The molecule has 0 fully saturated rings. The first-order chi connectivity index (χ1) is 10.6. The molecule has 0 aromatic heterocycles. The molecular formula is C12H12F6N2O2S2. The molecule has 0 unspecified atom stereocenters. The highest BCUT2D eigenvalue weighted by atomic mass is 32.2. The third-order valence-corrected chi connectivity index (χ3v) is 4.81. The molecule has 0 spiro atoms. The minimum atomic E-state index is -5.00. The Kier molecular flexibility index (Phi) is 5.89. The first-order valence-corrected chi connectivity index (χ1v) is 8.16. The molecule has 0 bridgehead atoms. The van der Waals surface area contributed by atoms with Gasteiger partial charge in [0, 0.05) is 7.05 Å². The van der Waals surface area contributed by atoms with E-state index in [1.807, 2.05) is 0 Å². The molecule has 2 N–H and O–H groups in total. The predicted molar refractivity (Wildman–Crippen MR) is 78.5 cm³/mol. The molecule has 0 saturated heterocycles. The summed E-state index contributed by atoms with van der Waals surface area (Å²) >= 11 is 4.50. The molecule has 136 valence electrons. The van der Waals surface area contributed by atoms with E-state index >= 15 is 0 Å². The highest BCUT2D eigenvalue weighted by molar-refractivity contribution is 7.88. The third-order valence-electron chi connectivity index (χ3n) is 2.93. The van der Waals surface area contributed by atoms with E-state index in [4.69, 9.17) is 5.73 Å². The first-order valence-electron chi connectivity index (χ1n) is 6.14. The maximum Gasteiger partial charge on any atom is 0.416 e. The molecule has 1 aromatic carbocycles. The number of nitrogens with zero attached hydrogens (tertiary/aromatic N) is 1. The molecule has 0 aliphatic carbocycles. The van der Waals surface area contributed by atoms with Crippen LogP contribution < -0.4 is 5.73 Å². The van der Waals surface area contributed by atoms with Crippen LogP contribution in [0.15, 0.2) is 18.2 Å². The van der Waals surface area contributed by atoms with Gasteiger partial charge in [0.2, 0.25) is 10.0 Å². The summed E-state index contributed by atoms with van der Waals surface area (Å²) in [6.45, 7) is -0.446. The van der Waals surface area contributed by atoms with Gasteiger partial charge < -0.3 is 5.73 Å². The lowest BCUT2D eigenvalue weighted by Gasteiger charge is -2.19. The Morgan fingerprint density at radius 2 is 1.71 bits per heavy atom. The smallest absolute Gasteiger partial charge is 0.392 e. The molecule has 0 heterocycles. The van der Waals surface area contributed by atoms with E-state index in [9.17, 15) is 34.8 Å². The number of thiocarbonyl (C=S) groups is 1. The van der Waals surface area contributed by atoms with E-state index in [2.05, 4.69) is 12.2 Å². The van der Waals surface area contributed by atoms with Crippen molar-refractivity contribution in [3.05, 3.63) is 34.9 Å². The van der Waals surface area contributed by atoms with Gasteiger partial charge in [-0.25, -0.2) is 8.42 Å². The van der Waals surface area contributed by atoms with Crippen molar-refractivity contribution in [1.29, 1.82) is 0 Å². The van der Waals surface area contributed by atoms with Crippen LogP contribution in [-0.2, 0) is 28.1 Å². The molecule has 0 amide bonds. The first kappa shape index (κ1) is 20.6. The number of benzene rings is 1. The van der Waals surface area contributed by atoms with Crippen molar-refractivity contribution in [2.45, 2.75) is 18.1 Å². The molecule has 0 radical (unpaired) electrons. The fourth-order valence-corrected chi connectivity index (χ4v) is 3.25. The maximum absolute atomic E-state index is 12.9. The summed E-state index contributed by atoms with van der Waals surface area (Å²) in [6.07, 6.45) is -9.91. The van der Waals surface area contributed by atoms with E-state index in [0.717, 1.165) is 7.05 Å². The zero-order valence-electron chi connectivity index (χ0n) is 12.1. The van der Waals surface area contributed by atoms with Crippen LogP contribution in [0.1, 0.15) is 16.7 Å². The average molecular weight is 394 g/mol. The molecule has 0 atom stereocenters. The molecule has 0 saturated carbocycles. The Labute approximate surface area is 139 Å². The number of rotatable bonds is 5. The number of hydrogen-bond acceptors (Lipinski definition) is 3. The molecular weight excluding hydrogens is 382 g/mol. The molecule has 4 nitrogen and oxygen atoms in total. The number of sulfonamides is 1. The van der Waals surface area contributed by atoms with Gasteiger partial charge in [-0.15, -0.1) is 0 Å². The van der Waals surface area contributed by atoms with Gasteiger partial charge in [-0.1, -0.05) is 12.2 Å². The number of nitrogens with two attached hydrogens (primary N) is 1. The summed E-state index contributed by atoms with van der Waals surface area (Å²) in [6, 6.07) is 0.633. The van der Waals surface area contributed by atoms with Gasteiger partial charge in [0.15, 0.2) is 0 Å². The van der Waals surface area contributed by atoms with Gasteiger partial charge in [-0.2, -0.15) is 30.6 Å². The minimum Gasteiger partial charge on any atom is -0.392 e. The number of hydrogen-bond donors (Lipinski definition) is 1. The van der Waals surface area contributed by atoms with Crippen molar-refractivity contribution in [3.8, 4) is 0 Å². The van der Waals surface area contributed by atoms with E-state index < -0.39 is 51.4 Å². The SMILES string of the molecule is CN(CC(N)=S)S(=O)(=O)Cc1cc(C(F)(F)F)ccc1C(F)(F)F. The summed E-state index contributed by atoms with van der Waals surface area (Å²) < 4.78 is 102. The highest BCUT2D eigenvalue weighted by Gasteiger charge is 2.38. The van der Waals surface area contributed by atoms with Crippen molar-refractivity contribution < 1.29 is 34.8 Å². The fraction of sp³-hybridized carbons (Fsp3) is 0.417. The summed E-state index contributed by atoms with van der Waals surface area (Å²) in [5, 5.41) is 0. The van der Waals surface area contributed by atoms with Crippen molar-refractivity contribution in [2.24, 2.45) is 5.73 Å². The Hall–Kier alpha value is -1.40. The van der Waals surface area contributed by atoms with E-state index in [-0.39, 0.29) is 23.2 Å². The minimum absolute atomic E-state index is 0.176. The van der Waals surface area contributed by atoms with Crippen LogP contribution in [0.3, 0.4) is 0 Å². The molecule has 1 rings (SSSR count). The summed E-state index contributed by atoms with van der Waals surface area (Å²) in [5.74, 6) is -1.27. The predicted octanol–water partition coefficient (Wildman–Crippen LogP) is 2.77. The van der Waals surface area contributed by atoms with Crippen molar-refractivity contribution in [2.75, 3.05) is 13.6 Å². The summed E-state index contributed by atoms with van der Waals surface area (Å²) in [5.41, 5.74) is 1.32. The standard InChI is InChI=1S/C12H12F6N2O2S2/c1-20(5-10(19)23)24(21,22)6-7-4-8(11(13,14)15)2-3-9(7)12(16,17)18/h2-4H,5-6H2,1H3,(H2,19,23). The van der Waals surface area contributed by atoms with Crippen LogP contribution >= 0.6 is 12.2 Å². The monoisotopic (exact) mass is 394 g/mol. The average Bonchev–Trinajstić information content (AvgIpc) is 2.34. The normalized spacial score (nSPS) is 13.3. The van der Waals surface area contributed by atoms with Gasteiger partial charge in [-0.3, -0.25) is 0 Å². The van der Waals surface area contributed by atoms with Crippen LogP contribution in [0.5, 0.6) is 0 Å². The second-order valence-corrected chi connectivity index (χ2v) is 7.45. The largest absolute Gasteiger partial charge is 0.416 e. The third kappa shape index (κ3) is 5.31. The number of halogens is 6. The topological polar surface area (TPSA) is 63.4 Å². The maximum atomic E-state index is 12.9. The second-order valence-electron chi connectivity index (χ2n) is 4.85. The fourth-order valence-electron chi connectivity index (χ4n) is 1.79. The Balaban J connectivity index is 3.36. The Morgan fingerprint density at radius 1 is 1.17 bits per heavy atom. The van der Waals surface area contributed by atoms with Crippen molar-refractivity contribution >= 4 is 27.2 Å². The lowest BCUT2D eigenvalue weighted by atomic mass is 10.0. The molecule has 1 aromatic rings. The molecule has 12 heteroatoms. The molecule has 0 aliphatic heterocycles. The van der Waals surface area contributed by atoms with Gasteiger partial charge in [-0.05, 0) is 23.8 Å². The van der Waals surface area contributed by atoms with Crippen LogP contribution in [0, 0.1) is 0 Å². The zero-order chi connectivity index (χ0) is 18.9. The Bertz CT molecular complexity index is 728. The van der Waals surface area contributed by atoms with Crippen LogP contribution in [0.25, 0.3) is 0 Å². The van der Waals surface area contributed by atoms with Gasteiger partial charge in [0.05, 0.1) is 28.4 Å². The van der Waals surface area contributed by atoms with Gasteiger partial charge in [0.25, 0.3) is 0 Å². The number of likely N-dealkylation sites (N-methyl/N-ethyl adjacent to an activating group) is 1. The highest BCUT2D eigenvalue weighted by Crippen LogP contribution is 2.37. The van der Waals surface area contributed by atoms with Crippen LogP contribution in [0.2, 0.25) is 0 Å². The lowest BCUT2D eigenvalue weighted by molar-refractivity contribution is -0.141. The summed E-state index contributed by atoms with van der Waals surface area (Å²) in [7, 11) is -3.35. The number of alkyl halides is 6. The van der Waals surface area contributed by atoms with E-state index in [0.29, 0.717) is 4.31 Å². The van der Waals surface area contributed by atoms with Crippen LogP contribution in [0.4, 0.5) is 26.3 Å². The molecule has 0 aliphatic rings. The van der Waals surface area contributed by atoms with Crippen molar-refractivity contribution in [3.63, 3.8) is 0 Å². The lowest BCUT2D eigenvalue weighted by Crippen LogP contribution is -2.35. The quantitative estimate of drug-likeness (QED) is 0.616. The van der Waals surface area contributed by atoms with E-state index in [1.54, 1.807) is 0 Å². The van der Waals surface area contributed by atoms with Crippen molar-refractivity contribution in [1.82, 2.24) is 4.31 Å². The second kappa shape index (κ2) is 6.84. The summed E-state index contributed by atoms with van der Waals surface area (Å²) in [4.78, 5) is -0.235. The van der Waals surface area contributed by atoms with Gasteiger partial charge >= 0.3 is 12.4 Å². The Morgan fingerprint density at radius 3 is 2.12 bits per heavy atom. The van der Waals surface area contributed by atoms with E-state index in [1.165, 1.54) is 0 Å². The van der Waals surface area contributed by atoms with Crippen LogP contribution in [-0.4, -0.2) is 31.3 Å². The molecule has 24 heavy (non-hydrogen) atoms. The van der Waals surface area contributed by atoms with Gasteiger partial charge in [0.1, 0.15) is 0 Å².